The number of hydrogen-bond acceptors (Lipinski definition) is 4. The third-order valence-corrected chi connectivity index (χ3v) is 4.21. The number of aliphatic carboxylic acids is 1. The summed E-state index contributed by atoms with van der Waals surface area (Å²) in [6.45, 7) is 2.72. The van der Waals surface area contributed by atoms with Crippen LogP contribution >= 0.6 is 11.6 Å². The highest BCUT2D eigenvalue weighted by Crippen LogP contribution is 2.32. The van der Waals surface area contributed by atoms with Crippen LogP contribution < -0.4 is 0 Å². The number of hydrogen-bond donors (Lipinski definition) is 1. The van der Waals surface area contributed by atoms with Gasteiger partial charge in [-0.2, -0.15) is 0 Å². The Labute approximate surface area is 121 Å². The van der Waals surface area contributed by atoms with Crippen molar-refractivity contribution in [3.05, 3.63) is 38.9 Å². The molecule has 1 aliphatic heterocycles. The predicted octanol–water partition coefficient (Wildman–Crippen LogP) is 2.54. The van der Waals surface area contributed by atoms with Crippen molar-refractivity contribution in [2.75, 3.05) is 6.54 Å². The lowest BCUT2D eigenvalue weighted by Crippen LogP contribution is -2.32. The normalized spacial score (nSPS) is 22.9. The molecule has 0 aliphatic carbocycles. The van der Waals surface area contributed by atoms with E-state index < -0.39 is 16.8 Å². The molecule has 0 bridgehead atoms. The van der Waals surface area contributed by atoms with Gasteiger partial charge in [-0.3, -0.25) is 19.8 Å². The van der Waals surface area contributed by atoms with Crippen molar-refractivity contribution >= 4 is 23.3 Å². The Balaban J connectivity index is 2.23. The van der Waals surface area contributed by atoms with Crippen LogP contribution in [0.5, 0.6) is 0 Å². The van der Waals surface area contributed by atoms with Crippen molar-refractivity contribution < 1.29 is 14.8 Å². The summed E-state index contributed by atoms with van der Waals surface area (Å²) in [5.41, 5.74) is 0.417. The zero-order chi connectivity index (χ0) is 14.9. The molecule has 2 unspecified atom stereocenters. The number of carboxylic acids is 1. The molecule has 0 radical (unpaired) electrons. The minimum atomic E-state index is -0.825. The van der Waals surface area contributed by atoms with Crippen LogP contribution in [0.25, 0.3) is 0 Å². The Kier molecular flexibility index (Phi) is 4.25. The standard InChI is InChI=1S/C13H15ClN2O4/c1-8-9(13(17)18)5-6-15(8)7-10-11(14)3-2-4-12(10)16(19)20/h2-4,8-9H,5-7H2,1H3,(H,17,18). The lowest BCUT2D eigenvalue weighted by atomic mass is 10.0. The Bertz CT molecular complexity index is 549. The molecular weight excluding hydrogens is 284 g/mol. The molecule has 7 heteroatoms. The number of carboxylic acid groups (broad SMARTS) is 1. The number of carbonyl (C=O) groups is 1. The van der Waals surface area contributed by atoms with E-state index in [4.69, 9.17) is 16.7 Å². The first-order valence-corrected chi connectivity index (χ1v) is 6.68. The van der Waals surface area contributed by atoms with Gasteiger partial charge in [-0.1, -0.05) is 17.7 Å². The maximum Gasteiger partial charge on any atom is 0.308 e. The van der Waals surface area contributed by atoms with E-state index in [-0.39, 0.29) is 11.7 Å². The van der Waals surface area contributed by atoms with Gasteiger partial charge in [-0.15, -0.1) is 0 Å². The minimum Gasteiger partial charge on any atom is -0.481 e. The SMILES string of the molecule is CC1C(C(=O)O)CCN1Cc1c(Cl)cccc1[N+](=O)[O-]. The fourth-order valence-electron chi connectivity index (χ4n) is 2.64. The fourth-order valence-corrected chi connectivity index (χ4v) is 2.86. The van der Waals surface area contributed by atoms with Crippen LogP contribution in [0.1, 0.15) is 18.9 Å². The zero-order valence-corrected chi connectivity index (χ0v) is 11.7. The summed E-state index contributed by atoms with van der Waals surface area (Å²) in [6, 6.07) is 4.40. The highest BCUT2D eigenvalue weighted by atomic mass is 35.5. The summed E-state index contributed by atoms with van der Waals surface area (Å²) < 4.78 is 0. The molecule has 20 heavy (non-hydrogen) atoms. The third kappa shape index (κ3) is 2.76. The van der Waals surface area contributed by atoms with Gasteiger partial charge in [0.15, 0.2) is 0 Å². The van der Waals surface area contributed by atoms with Crippen molar-refractivity contribution in [2.24, 2.45) is 5.92 Å². The van der Waals surface area contributed by atoms with Gasteiger partial charge in [0, 0.05) is 18.7 Å². The van der Waals surface area contributed by atoms with Crippen LogP contribution in [0, 0.1) is 16.0 Å². The topological polar surface area (TPSA) is 83.7 Å². The second kappa shape index (κ2) is 5.76. The molecule has 2 atom stereocenters. The van der Waals surface area contributed by atoms with Gasteiger partial charge in [-0.05, 0) is 26.0 Å². The van der Waals surface area contributed by atoms with Crippen molar-refractivity contribution in [2.45, 2.75) is 25.9 Å². The van der Waals surface area contributed by atoms with Gasteiger partial charge in [-0.25, -0.2) is 0 Å². The van der Waals surface area contributed by atoms with E-state index in [2.05, 4.69) is 0 Å². The molecule has 1 fully saturated rings. The van der Waals surface area contributed by atoms with Crippen molar-refractivity contribution in [3.8, 4) is 0 Å². The van der Waals surface area contributed by atoms with E-state index in [1.54, 1.807) is 6.07 Å². The van der Waals surface area contributed by atoms with E-state index in [9.17, 15) is 14.9 Å². The van der Waals surface area contributed by atoms with Crippen LogP contribution in [0.4, 0.5) is 5.69 Å². The highest BCUT2D eigenvalue weighted by molar-refractivity contribution is 6.31. The molecule has 1 aliphatic rings. The number of nitrogens with zero attached hydrogens (tertiary/aromatic N) is 2. The molecular formula is C13H15ClN2O4. The van der Waals surface area contributed by atoms with Gasteiger partial charge in [0.05, 0.1) is 21.4 Å². The minimum absolute atomic E-state index is 0.0246. The first kappa shape index (κ1) is 14.7. The maximum absolute atomic E-state index is 11.1. The molecule has 0 spiro atoms. The van der Waals surface area contributed by atoms with Crippen LogP contribution in [0.2, 0.25) is 5.02 Å². The highest BCUT2D eigenvalue weighted by Gasteiger charge is 2.36. The largest absolute Gasteiger partial charge is 0.481 e. The van der Waals surface area contributed by atoms with E-state index in [1.165, 1.54) is 12.1 Å². The number of rotatable bonds is 4. The first-order valence-electron chi connectivity index (χ1n) is 6.30. The number of nitro groups is 1. The smallest absolute Gasteiger partial charge is 0.308 e. The van der Waals surface area contributed by atoms with Crippen molar-refractivity contribution in [3.63, 3.8) is 0 Å². The Hall–Kier alpha value is -1.66. The predicted molar refractivity (Wildman–Crippen MR) is 73.7 cm³/mol. The molecule has 2 rings (SSSR count). The second-order valence-corrected chi connectivity index (χ2v) is 5.35. The van der Waals surface area contributed by atoms with Crippen LogP contribution in [0.3, 0.4) is 0 Å². The van der Waals surface area contributed by atoms with E-state index in [0.29, 0.717) is 30.1 Å². The number of likely N-dealkylation sites (tertiary alicyclic amines) is 1. The fraction of sp³-hybridized carbons (Fsp3) is 0.462. The third-order valence-electron chi connectivity index (χ3n) is 3.85. The van der Waals surface area contributed by atoms with E-state index in [1.807, 2.05) is 11.8 Å². The quantitative estimate of drug-likeness (QED) is 0.682. The Morgan fingerprint density at radius 1 is 1.60 bits per heavy atom. The van der Waals surface area contributed by atoms with Crippen molar-refractivity contribution in [1.82, 2.24) is 4.90 Å². The molecule has 1 N–H and O–H groups in total. The molecule has 1 aromatic rings. The first-order chi connectivity index (χ1) is 9.41. The van der Waals surface area contributed by atoms with Crippen LogP contribution in [-0.4, -0.2) is 33.5 Å². The van der Waals surface area contributed by atoms with E-state index in [0.717, 1.165) is 0 Å². The summed E-state index contributed by atoms with van der Waals surface area (Å²) in [4.78, 5) is 23.6. The molecule has 1 aromatic carbocycles. The average molecular weight is 299 g/mol. The van der Waals surface area contributed by atoms with Crippen LogP contribution in [0.15, 0.2) is 18.2 Å². The molecule has 1 heterocycles. The lowest BCUT2D eigenvalue weighted by molar-refractivity contribution is -0.385. The number of halogens is 1. The monoisotopic (exact) mass is 298 g/mol. The van der Waals surface area contributed by atoms with Gasteiger partial charge in [0.25, 0.3) is 5.69 Å². The molecule has 0 amide bonds. The Morgan fingerprint density at radius 3 is 2.85 bits per heavy atom. The maximum atomic E-state index is 11.1. The lowest BCUT2D eigenvalue weighted by Gasteiger charge is -2.23. The van der Waals surface area contributed by atoms with Gasteiger partial charge in [0.2, 0.25) is 0 Å². The van der Waals surface area contributed by atoms with Crippen LogP contribution in [-0.2, 0) is 11.3 Å². The molecule has 108 valence electrons. The van der Waals surface area contributed by atoms with E-state index >= 15 is 0 Å². The van der Waals surface area contributed by atoms with Crippen molar-refractivity contribution in [1.29, 1.82) is 0 Å². The molecule has 1 saturated heterocycles. The molecule has 0 aromatic heterocycles. The zero-order valence-electron chi connectivity index (χ0n) is 11.0. The second-order valence-electron chi connectivity index (χ2n) is 4.94. The summed E-state index contributed by atoms with van der Waals surface area (Å²) in [5.74, 6) is -1.26. The van der Waals surface area contributed by atoms with Gasteiger partial charge in [0.1, 0.15) is 0 Å². The molecule has 0 saturated carbocycles. The van der Waals surface area contributed by atoms with Gasteiger partial charge < -0.3 is 5.11 Å². The summed E-state index contributed by atoms with van der Waals surface area (Å²) in [5, 5.41) is 20.5. The summed E-state index contributed by atoms with van der Waals surface area (Å²) in [7, 11) is 0. The van der Waals surface area contributed by atoms with Gasteiger partial charge >= 0.3 is 5.97 Å². The summed E-state index contributed by atoms with van der Waals surface area (Å²) >= 11 is 6.05. The number of benzene rings is 1. The Morgan fingerprint density at radius 2 is 2.30 bits per heavy atom. The summed E-state index contributed by atoms with van der Waals surface area (Å²) in [6.07, 6.45) is 0.550. The average Bonchev–Trinajstić information content (AvgIpc) is 2.73. The number of nitro benzene ring substituents is 1. The molecule has 6 nitrogen and oxygen atoms in total.